The number of anilines is 1. The molecule has 1 fully saturated rings. The van der Waals surface area contributed by atoms with Gasteiger partial charge in [0.25, 0.3) is 11.8 Å². The maximum atomic E-state index is 13.1. The van der Waals surface area contributed by atoms with Crippen LogP contribution in [0.2, 0.25) is 0 Å². The zero-order chi connectivity index (χ0) is 18.4. The first kappa shape index (κ1) is 18.9. The number of likely N-dealkylation sites (N-methyl/N-ethyl adjacent to an activating group) is 1. The van der Waals surface area contributed by atoms with Crippen LogP contribution in [-0.2, 0) is 14.4 Å². The van der Waals surface area contributed by atoms with Gasteiger partial charge in [-0.05, 0) is 37.5 Å². The lowest BCUT2D eigenvalue weighted by Crippen LogP contribution is -3.11. The minimum atomic E-state index is -0.560. The molecule has 1 aromatic carbocycles. The van der Waals surface area contributed by atoms with Crippen LogP contribution in [0.15, 0.2) is 24.3 Å². The lowest BCUT2D eigenvalue weighted by atomic mass is 10.0. The summed E-state index contributed by atoms with van der Waals surface area (Å²) in [5.41, 5.74) is 5.74. The number of carbonyl (C=O) groups excluding carboxylic acids is 3. The van der Waals surface area contributed by atoms with Gasteiger partial charge in [0.2, 0.25) is 5.91 Å². The first-order chi connectivity index (χ1) is 11.9. The molecule has 0 aromatic heterocycles. The highest BCUT2D eigenvalue weighted by Crippen LogP contribution is 2.16. The number of likely N-dealkylation sites (tertiary alicyclic amines) is 1. The molecule has 0 spiro atoms. The van der Waals surface area contributed by atoms with Crippen molar-refractivity contribution in [2.75, 3.05) is 32.0 Å². The lowest BCUT2D eigenvalue weighted by Gasteiger charge is -2.33. The largest absolute Gasteiger partial charge is 0.368 e. The monoisotopic (exact) mass is 351 g/mol. The quantitative estimate of drug-likeness (QED) is 0.623. The number of halogens is 1. The number of nitrogens with two attached hydrogens (primary N) is 1. The minimum absolute atomic E-state index is 0.0529. The molecule has 136 valence electrons. The molecule has 0 saturated carbocycles. The molecule has 1 heterocycles. The van der Waals surface area contributed by atoms with Gasteiger partial charge < -0.3 is 20.9 Å². The Hall–Kier alpha value is -2.48. The summed E-state index contributed by atoms with van der Waals surface area (Å²) >= 11 is 0. The number of primary amides is 1. The fraction of sp³-hybridized carbons (Fsp3) is 0.471. The molecule has 7 nitrogen and oxygen atoms in total. The van der Waals surface area contributed by atoms with Gasteiger partial charge in [0.05, 0.1) is 7.05 Å². The highest BCUT2D eigenvalue weighted by atomic mass is 19.1. The maximum Gasteiger partial charge on any atom is 0.279 e. The average molecular weight is 351 g/mol. The van der Waals surface area contributed by atoms with Gasteiger partial charge in [0.15, 0.2) is 13.1 Å². The lowest BCUT2D eigenvalue weighted by molar-refractivity contribution is -0.862. The van der Waals surface area contributed by atoms with Gasteiger partial charge in [0, 0.05) is 12.2 Å². The number of piperidine rings is 1. The van der Waals surface area contributed by atoms with Crippen LogP contribution in [0, 0.1) is 5.82 Å². The molecular formula is C17H24FN4O3+. The number of amides is 3. The summed E-state index contributed by atoms with van der Waals surface area (Å²) in [6.07, 6.45) is 2.30. The number of rotatable bonds is 6. The normalized spacial score (nSPS) is 18.5. The van der Waals surface area contributed by atoms with E-state index in [0.29, 0.717) is 23.6 Å². The van der Waals surface area contributed by atoms with Crippen LogP contribution in [0.5, 0.6) is 0 Å². The van der Waals surface area contributed by atoms with Crippen molar-refractivity contribution < 1.29 is 23.7 Å². The van der Waals surface area contributed by atoms with Crippen molar-refractivity contribution in [1.82, 2.24) is 4.90 Å². The average Bonchev–Trinajstić information content (AvgIpc) is 2.54. The van der Waals surface area contributed by atoms with Crippen LogP contribution < -0.4 is 16.0 Å². The first-order valence-electron chi connectivity index (χ1n) is 8.32. The van der Waals surface area contributed by atoms with E-state index in [0.717, 1.165) is 12.8 Å². The molecule has 25 heavy (non-hydrogen) atoms. The summed E-state index contributed by atoms with van der Waals surface area (Å²) in [6, 6.07) is 5.05. The summed E-state index contributed by atoms with van der Waals surface area (Å²) < 4.78 is 13.1. The highest BCUT2D eigenvalue weighted by Gasteiger charge is 2.32. The maximum absolute atomic E-state index is 13.1. The molecule has 1 unspecified atom stereocenters. The van der Waals surface area contributed by atoms with Gasteiger partial charge in [-0.25, -0.2) is 4.39 Å². The molecule has 1 aromatic rings. The van der Waals surface area contributed by atoms with Crippen molar-refractivity contribution in [3.8, 4) is 0 Å². The molecule has 2 atom stereocenters. The van der Waals surface area contributed by atoms with Crippen LogP contribution in [-0.4, -0.2) is 55.3 Å². The van der Waals surface area contributed by atoms with Crippen molar-refractivity contribution in [2.24, 2.45) is 5.73 Å². The topological polar surface area (TPSA) is 96.9 Å². The summed E-state index contributed by atoms with van der Waals surface area (Å²) in [6.45, 7) is 0.646. The molecule has 1 saturated heterocycles. The van der Waals surface area contributed by atoms with Crippen molar-refractivity contribution in [3.63, 3.8) is 0 Å². The summed E-state index contributed by atoms with van der Waals surface area (Å²) in [7, 11) is 1.71. The van der Waals surface area contributed by atoms with Crippen molar-refractivity contribution in [3.05, 3.63) is 30.1 Å². The van der Waals surface area contributed by atoms with E-state index >= 15 is 0 Å². The van der Waals surface area contributed by atoms with Gasteiger partial charge in [-0.15, -0.1) is 0 Å². The number of benzene rings is 1. The van der Waals surface area contributed by atoms with Crippen LogP contribution >= 0.6 is 0 Å². The van der Waals surface area contributed by atoms with Crippen LogP contribution in [0.3, 0.4) is 0 Å². The number of carbonyl (C=O) groups is 3. The smallest absolute Gasteiger partial charge is 0.279 e. The van der Waals surface area contributed by atoms with Crippen molar-refractivity contribution in [2.45, 2.75) is 25.3 Å². The second kappa shape index (κ2) is 8.57. The van der Waals surface area contributed by atoms with E-state index in [-0.39, 0.29) is 24.9 Å². The van der Waals surface area contributed by atoms with Gasteiger partial charge in [-0.2, -0.15) is 0 Å². The Morgan fingerprint density at radius 2 is 2.08 bits per heavy atom. The SMILES string of the molecule is C[NH+](CC(=O)Nc1cccc(F)c1)CC(=O)N1CCCC[C@@H]1C(N)=O. The summed E-state index contributed by atoms with van der Waals surface area (Å²) in [5, 5.41) is 2.59. The predicted octanol–water partition coefficient (Wildman–Crippen LogP) is -0.855. The first-order valence-corrected chi connectivity index (χ1v) is 8.32. The molecule has 0 radical (unpaired) electrons. The van der Waals surface area contributed by atoms with E-state index in [1.165, 1.54) is 23.1 Å². The molecule has 2 rings (SSSR count). The third kappa shape index (κ3) is 5.53. The zero-order valence-corrected chi connectivity index (χ0v) is 14.3. The fourth-order valence-corrected chi connectivity index (χ4v) is 2.99. The number of nitrogens with one attached hydrogen (secondary N) is 2. The van der Waals surface area contributed by atoms with E-state index in [1.807, 2.05) is 0 Å². The van der Waals surface area contributed by atoms with Crippen LogP contribution in [0.1, 0.15) is 19.3 Å². The van der Waals surface area contributed by atoms with Crippen molar-refractivity contribution in [1.29, 1.82) is 0 Å². The third-order valence-corrected chi connectivity index (χ3v) is 4.18. The molecular weight excluding hydrogens is 327 g/mol. The van der Waals surface area contributed by atoms with E-state index in [2.05, 4.69) is 5.32 Å². The van der Waals surface area contributed by atoms with E-state index in [4.69, 9.17) is 5.73 Å². The van der Waals surface area contributed by atoms with Gasteiger partial charge in [-0.3, -0.25) is 14.4 Å². The molecule has 8 heteroatoms. The highest BCUT2D eigenvalue weighted by molar-refractivity contribution is 5.91. The van der Waals surface area contributed by atoms with Crippen LogP contribution in [0.4, 0.5) is 10.1 Å². The molecule has 1 aliphatic rings. The summed E-state index contributed by atoms with van der Waals surface area (Å²) in [5.74, 6) is -1.44. The predicted molar refractivity (Wildman–Crippen MR) is 90.2 cm³/mol. The molecule has 4 N–H and O–H groups in total. The third-order valence-electron chi connectivity index (χ3n) is 4.18. The van der Waals surface area contributed by atoms with Crippen LogP contribution in [0.25, 0.3) is 0 Å². The second-order valence-electron chi connectivity index (χ2n) is 6.37. The Balaban J connectivity index is 1.86. The van der Waals surface area contributed by atoms with Crippen molar-refractivity contribution >= 4 is 23.4 Å². The fourth-order valence-electron chi connectivity index (χ4n) is 2.99. The molecule has 3 amide bonds. The number of hydrogen-bond acceptors (Lipinski definition) is 3. The Labute approximate surface area is 145 Å². The second-order valence-corrected chi connectivity index (χ2v) is 6.37. The van der Waals surface area contributed by atoms with Gasteiger partial charge in [0.1, 0.15) is 11.9 Å². The Morgan fingerprint density at radius 3 is 2.76 bits per heavy atom. The molecule has 0 aliphatic carbocycles. The number of hydrogen-bond donors (Lipinski definition) is 3. The van der Waals surface area contributed by atoms with Gasteiger partial charge >= 0.3 is 0 Å². The van der Waals surface area contributed by atoms with E-state index < -0.39 is 17.8 Å². The molecule has 0 bridgehead atoms. The minimum Gasteiger partial charge on any atom is -0.368 e. The Kier molecular flexibility index (Phi) is 6.46. The zero-order valence-electron chi connectivity index (χ0n) is 14.3. The Morgan fingerprint density at radius 1 is 1.32 bits per heavy atom. The Bertz CT molecular complexity index is 653. The van der Waals surface area contributed by atoms with E-state index in [9.17, 15) is 18.8 Å². The summed E-state index contributed by atoms with van der Waals surface area (Å²) in [4.78, 5) is 38.1. The number of quaternary nitrogens is 1. The van der Waals surface area contributed by atoms with Gasteiger partial charge in [-0.1, -0.05) is 6.07 Å². The standard InChI is InChI=1S/C17H23FN4O3/c1-21(10-15(23)20-13-6-4-5-12(18)9-13)11-16(24)22-8-3-2-7-14(22)17(19)25/h4-6,9,14H,2-3,7-8,10-11H2,1H3,(H2,19,25)(H,20,23)/p+1/t14-/m1/s1. The van der Waals surface area contributed by atoms with E-state index in [1.54, 1.807) is 13.1 Å². The molecule has 1 aliphatic heterocycles. The number of nitrogens with zero attached hydrogens (tertiary/aromatic N) is 1.